The van der Waals surface area contributed by atoms with Crippen molar-refractivity contribution in [2.24, 2.45) is 0 Å². The van der Waals surface area contributed by atoms with Crippen LogP contribution in [0.4, 0.5) is 0 Å². The van der Waals surface area contributed by atoms with Gasteiger partial charge in [0.25, 0.3) is 5.91 Å². The third-order valence-corrected chi connectivity index (χ3v) is 4.54. The zero-order valence-electron chi connectivity index (χ0n) is 15.2. The van der Waals surface area contributed by atoms with Crippen LogP contribution in [0.15, 0.2) is 35.4 Å². The minimum absolute atomic E-state index is 0.0827. The van der Waals surface area contributed by atoms with E-state index in [9.17, 15) is 9.59 Å². The number of likely N-dealkylation sites (tertiary alicyclic amines) is 1. The molecule has 0 atom stereocenters. The molecule has 6 nitrogen and oxygen atoms in total. The smallest absolute Gasteiger partial charge is 0.339 e. The van der Waals surface area contributed by atoms with E-state index in [2.05, 4.69) is 5.10 Å². The van der Waals surface area contributed by atoms with Crippen LogP contribution in [0, 0.1) is 0 Å². The first-order valence-electron chi connectivity index (χ1n) is 8.89. The molecule has 0 saturated carbocycles. The normalized spacial score (nSPS) is 15.4. The molecule has 2 heterocycles. The van der Waals surface area contributed by atoms with Gasteiger partial charge in [-0.2, -0.15) is 5.10 Å². The van der Waals surface area contributed by atoms with E-state index in [1.807, 2.05) is 49.9 Å². The summed E-state index contributed by atoms with van der Waals surface area (Å²) < 4.78 is 3.06. The first-order chi connectivity index (χ1) is 11.9. The second-order valence-corrected chi connectivity index (χ2v) is 7.68. The number of aromatic nitrogens is 3. The number of rotatable bonds is 3. The van der Waals surface area contributed by atoms with E-state index in [0.717, 1.165) is 31.5 Å². The van der Waals surface area contributed by atoms with Crippen LogP contribution in [0.5, 0.6) is 0 Å². The molecular formula is C19H26N4O2. The second kappa shape index (κ2) is 6.86. The van der Waals surface area contributed by atoms with Crippen LogP contribution in [0.25, 0.3) is 0 Å². The second-order valence-electron chi connectivity index (χ2n) is 7.68. The Balaban J connectivity index is 1.79. The predicted octanol–water partition coefficient (Wildman–Crippen LogP) is 2.47. The largest absolute Gasteiger partial charge is 0.346 e. The Morgan fingerprint density at radius 3 is 2.52 bits per heavy atom. The van der Waals surface area contributed by atoms with Crippen LogP contribution >= 0.6 is 0 Å². The number of amides is 1. The van der Waals surface area contributed by atoms with Gasteiger partial charge in [-0.25, -0.2) is 9.48 Å². The van der Waals surface area contributed by atoms with Crippen LogP contribution in [-0.2, 0) is 12.1 Å². The molecule has 1 saturated heterocycles. The summed E-state index contributed by atoms with van der Waals surface area (Å²) in [4.78, 5) is 27.0. The molecule has 1 aromatic heterocycles. The summed E-state index contributed by atoms with van der Waals surface area (Å²) in [5, 5.41) is 4.21. The Morgan fingerprint density at radius 1 is 1.16 bits per heavy atom. The molecule has 25 heavy (non-hydrogen) atoms. The molecule has 2 aromatic rings. The highest BCUT2D eigenvalue weighted by atomic mass is 16.2. The van der Waals surface area contributed by atoms with E-state index >= 15 is 0 Å². The van der Waals surface area contributed by atoms with Crippen LogP contribution in [0.2, 0.25) is 0 Å². The van der Waals surface area contributed by atoms with E-state index in [4.69, 9.17) is 0 Å². The summed E-state index contributed by atoms with van der Waals surface area (Å²) in [6.45, 7) is 7.93. The number of carbonyl (C=O) groups is 1. The van der Waals surface area contributed by atoms with Gasteiger partial charge in [0, 0.05) is 18.7 Å². The first kappa shape index (κ1) is 17.5. The van der Waals surface area contributed by atoms with Crippen molar-refractivity contribution >= 4 is 5.91 Å². The molecule has 0 bridgehead atoms. The van der Waals surface area contributed by atoms with Crippen molar-refractivity contribution in [3.8, 4) is 0 Å². The van der Waals surface area contributed by atoms with Gasteiger partial charge in [0.05, 0.1) is 12.1 Å². The lowest BCUT2D eigenvalue weighted by Crippen LogP contribution is -2.36. The van der Waals surface area contributed by atoms with E-state index in [0.29, 0.717) is 12.1 Å². The van der Waals surface area contributed by atoms with E-state index in [1.54, 1.807) is 10.9 Å². The minimum atomic E-state index is -0.353. The third kappa shape index (κ3) is 3.83. The van der Waals surface area contributed by atoms with E-state index in [-0.39, 0.29) is 17.1 Å². The molecule has 0 unspecified atom stereocenters. The number of hydrogen-bond donors (Lipinski definition) is 0. The fraction of sp³-hybridized carbons (Fsp3) is 0.526. The summed E-state index contributed by atoms with van der Waals surface area (Å²) in [5.41, 5.74) is 1.13. The van der Waals surface area contributed by atoms with Gasteiger partial charge in [-0.05, 0) is 57.7 Å². The predicted molar refractivity (Wildman–Crippen MR) is 96.8 cm³/mol. The molecule has 1 amide bonds. The molecule has 134 valence electrons. The molecule has 1 fully saturated rings. The van der Waals surface area contributed by atoms with Crippen molar-refractivity contribution in [3.63, 3.8) is 0 Å². The summed E-state index contributed by atoms with van der Waals surface area (Å²) in [7, 11) is 0. The van der Waals surface area contributed by atoms with Gasteiger partial charge >= 0.3 is 5.69 Å². The highest BCUT2D eigenvalue weighted by Crippen LogP contribution is 2.15. The molecule has 1 aliphatic heterocycles. The fourth-order valence-corrected chi connectivity index (χ4v) is 3.18. The average Bonchev–Trinajstić information content (AvgIpc) is 2.96. The molecular weight excluding hydrogens is 316 g/mol. The molecule has 0 N–H and O–H groups in total. The summed E-state index contributed by atoms with van der Waals surface area (Å²) in [6.07, 6.45) is 4.91. The highest BCUT2D eigenvalue weighted by molar-refractivity contribution is 5.94. The maximum atomic E-state index is 12.6. The average molecular weight is 342 g/mol. The van der Waals surface area contributed by atoms with Crippen LogP contribution in [0.1, 0.15) is 56.0 Å². The van der Waals surface area contributed by atoms with Gasteiger partial charge in [0.15, 0.2) is 0 Å². The zero-order valence-corrected chi connectivity index (χ0v) is 15.2. The van der Waals surface area contributed by atoms with Crippen LogP contribution < -0.4 is 5.69 Å². The molecule has 0 aliphatic carbocycles. The number of hydrogen-bond acceptors (Lipinski definition) is 3. The van der Waals surface area contributed by atoms with E-state index < -0.39 is 0 Å². The Bertz CT molecular complexity index is 807. The summed E-state index contributed by atoms with van der Waals surface area (Å²) >= 11 is 0. The third-order valence-electron chi connectivity index (χ3n) is 4.54. The van der Waals surface area contributed by atoms with Crippen LogP contribution in [-0.4, -0.2) is 38.2 Å². The quantitative estimate of drug-likeness (QED) is 0.861. The minimum Gasteiger partial charge on any atom is -0.339 e. The van der Waals surface area contributed by atoms with Crippen molar-refractivity contribution in [2.45, 2.75) is 52.1 Å². The number of nitrogens with zero attached hydrogens (tertiary/aromatic N) is 4. The van der Waals surface area contributed by atoms with Gasteiger partial charge in [0.2, 0.25) is 0 Å². The molecule has 1 aromatic carbocycles. The Hall–Kier alpha value is -2.37. The van der Waals surface area contributed by atoms with Gasteiger partial charge in [0.1, 0.15) is 6.33 Å². The summed E-state index contributed by atoms with van der Waals surface area (Å²) in [5.74, 6) is 0.0827. The Labute approximate surface area is 148 Å². The van der Waals surface area contributed by atoms with Gasteiger partial charge in [-0.15, -0.1) is 0 Å². The van der Waals surface area contributed by atoms with Crippen molar-refractivity contribution < 1.29 is 4.79 Å². The molecule has 1 aliphatic rings. The van der Waals surface area contributed by atoms with Crippen molar-refractivity contribution in [3.05, 3.63) is 52.2 Å². The number of benzene rings is 1. The first-order valence-corrected chi connectivity index (χ1v) is 8.89. The summed E-state index contributed by atoms with van der Waals surface area (Å²) in [6, 6.07) is 7.55. The Morgan fingerprint density at radius 2 is 1.88 bits per heavy atom. The van der Waals surface area contributed by atoms with Crippen molar-refractivity contribution in [2.75, 3.05) is 13.1 Å². The SMILES string of the molecule is CC(C)(C)n1ncn(Cc2cccc(C(=O)N3CCCCC3)c2)c1=O. The fourth-order valence-electron chi connectivity index (χ4n) is 3.18. The van der Waals surface area contributed by atoms with Crippen molar-refractivity contribution in [1.29, 1.82) is 0 Å². The molecule has 3 rings (SSSR count). The lowest BCUT2D eigenvalue weighted by Gasteiger charge is -2.26. The maximum Gasteiger partial charge on any atom is 0.346 e. The number of carbonyl (C=O) groups excluding carboxylic acids is 1. The number of piperidine rings is 1. The topological polar surface area (TPSA) is 60.1 Å². The van der Waals surface area contributed by atoms with Gasteiger partial charge < -0.3 is 4.90 Å². The Kier molecular flexibility index (Phi) is 4.79. The maximum absolute atomic E-state index is 12.6. The van der Waals surface area contributed by atoms with Gasteiger partial charge in [-0.3, -0.25) is 9.36 Å². The lowest BCUT2D eigenvalue weighted by molar-refractivity contribution is 0.0724. The molecule has 6 heteroatoms. The molecule has 0 spiro atoms. The van der Waals surface area contributed by atoms with E-state index in [1.165, 1.54) is 11.1 Å². The highest BCUT2D eigenvalue weighted by Gasteiger charge is 2.20. The van der Waals surface area contributed by atoms with Crippen molar-refractivity contribution in [1.82, 2.24) is 19.2 Å². The van der Waals surface area contributed by atoms with Gasteiger partial charge in [-0.1, -0.05) is 12.1 Å². The van der Waals surface area contributed by atoms with Crippen LogP contribution in [0.3, 0.4) is 0 Å². The standard InChI is InChI=1S/C19H26N4O2/c1-19(2,3)23-18(25)22(14-20-23)13-15-8-7-9-16(12-15)17(24)21-10-5-4-6-11-21/h7-9,12,14H,4-6,10-11,13H2,1-3H3. The lowest BCUT2D eigenvalue weighted by atomic mass is 10.1. The zero-order chi connectivity index (χ0) is 18.0. The molecule has 0 radical (unpaired) electrons. The monoisotopic (exact) mass is 342 g/mol.